The van der Waals surface area contributed by atoms with Crippen molar-refractivity contribution in [1.29, 1.82) is 0 Å². The number of thioether (sulfide) groups is 1. The topological polar surface area (TPSA) is 72.7 Å². The summed E-state index contributed by atoms with van der Waals surface area (Å²) in [5.41, 5.74) is 2.05. The van der Waals surface area contributed by atoms with Gasteiger partial charge in [-0.15, -0.1) is 5.10 Å². The summed E-state index contributed by atoms with van der Waals surface area (Å²) < 4.78 is 1.67. The van der Waals surface area contributed by atoms with Crippen LogP contribution in [0.4, 0.5) is 0 Å². The van der Waals surface area contributed by atoms with Crippen molar-refractivity contribution < 1.29 is 4.79 Å². The van der Waals surface area contributed by atoms with E-state index < -0.39 is 0 Å². The van der Waals surface area contributed by atoms with Gasteiger partial charge < -0.3 is 5.32 Å². The van der Waals surface area contributed by atoms with Crippen LogP contribution in [-0.4, -0.2) is 37.9 Å². The van der Waals surface area contributed by atoms with Crippen LogP contribution < -0.4 is 5.32 Å². The minimum absolute atomic E-state index is 0.0540. The summed E-state index contributed by atoms with van der Waals surface area (Å²) in [6, 6.07) is 8.29. The second-order valence-corrected chi connectivity index (χ2v) is 7.47. The number of aryl methyl sites for hydroxylation is 1. The summed E-state index contributed by atoms with van der Waals surface area (Å²) in [4.78, 5) is 12.2. The zero-order valence-corrected chi connectivity index (χ0v) is 14.9. The first-order valence-corrected chi connectivity index (χ1v) is 9.38. The van der Waals surface area contributed by atoms with Gasteiger partial charge in [-0.25, -0.2) is 0 Å². The lowest BCUT2D eigenvalue weighted by Crippen LogP contribution is -2.38. The van der Waals surface area contributed by atoms with Crippen LogP contribution in [0.2, 0.25) is 0 Å². The zero-order valence-electron chi connectivity index (χ0n) is 14.1. The maximum Gasteiger partial charge on any atom is 0.230 e. The van der Waals surface area contributed by atoms with E-state index in [0.717, 1.165) is 30.0 Å². The van der Waals surface area contributed by atoms with Crippen molar-refractivity contribution in [1.82, 2.24) is 25.5 Å². The van der Waals surface area contributed by atoms with Crippen LogP contribution in [0.25, 0.3) is 5.69 Å². The van der Waals surface area contributed by atoms with E-state index in [2.05, 4.69) is 27.8 Å². The Morgan fingerprint density at radius 3 is 2.88 bits per heavy atom. The third-order valence-electron chi connectivity index (χ3n) is 4.40. The van der Waals surface area contributed by atoms with E-state index in [1.807, 2.05) is 31.2 Å². The number of nitrogens with one attached hydrogen (secondary N) is 1. The van der Waals surface area contributed by atoms with Gasteiger partial charge in [-0.1, -0.05) is 30.8 Å². The van der Waals surface area contributed by atoms with Crippen molar-refractivity contribution in [3.63, 3.8) is 0 Å². The molecule has 1 aliphatic carbocycles. The fourth-order valence-electron chi connectivity index (χ4n) is 2.99. The van der Waals surface area contributed by atoms with E-state index >= 15 is 0 Å². The molecule has 1 aromatic carbocycles. The number of rotatable bonds is 5. The molecule has 1 aromatic heterocycles. The molecule has 7 heteroatoms. The number of carbonyl (C=O) groups excluding carboxylic acids is 1. The maximum absolute atomic E-state index is 12.2. The van der Waals surface area contributed by atoms with E-state index in [9.17, 15) is 4.79 Å². The van der Waals surface area contributed by atoms with E-state index in [0.29, 0.717) is 17.0 Å². The van der Waals surface area contributed by atoms with E-state index in [1.165, 1.54) is 24.6 Å². The van der Waals surface area contributed by atoms with Gasteiger partial charge in [0.15, 0.2) is 0 Å². The van der Waals surface area contributed by atoms with Gasteiger partial charge in [-0.3, -0.25) is 4.79 Å². The van der Waals surface area contributed by atoms with Gasteiger partial charge in [-0.2, -0.15) is 4.68 Å². The Kier molecular flexibility index (Phi) is 5.50. The van der Waals surface area contributed by atoms with Gasteiger partial charge in [0.05, 0.1) is 11.4 Å². The number of tetrazole rings is 1. The number of hydrogen-bond acceptors (Lipinski definition) is 5. The first kappa shape index (κ1) is 17.0. The quantitative estimate of drug-likeness (QED) is 0.844. The third kappa shape index (κ3) is 4.35. The first-order valence-electron chi connectivity index (χ1n) is 8.39. The Bertz CT molecular complexity index is 694. The van der Waals surface area contributed by atoms with Gasteiger partial charge in [-0.05, 0) is 66.6 Å². The molecular formula is C17H23N5OS. The fraction of sp³-hybridized carbons (Fsp3) is 0.529. The van der Waals surface area contributed by atoms with Crippen molar-refractivity contribution in [2.75, 3.05) is 5.75 Å². The molecule has 1 saturated carbocycles. The highest BCUT2D eigenvalue weighted by molar-refractivity contribution is 7.99. The monoisotopic (exact) mass is 345 g/mol. The van der Waals surface area contributed by atoms with Gasteiger partial charge in [0, 0.05) is 6.04 Å². The SMILES string of the molecule is Cc1cccc(-n2nnnc2SCC(=O)NC2CCC(C)CC2)c1. The summed E-state index contributed by atoms with van der Waals surface area (Å²) in [6.45, 7) is 4.30. The summed E-state index contributed by atoms with van der Waals surface area (Å²) in [5, 5.41) is 15.6. The van der Waals surface area contributed by atoms with Crippen LogP contribution in [0.1, 0.15) is 38.2 Å². The highest BCUT2D eigenvalue weighted by atomic mass is 32.2. The number of aromatic nitrogens is 4. The molecule has 1 N–H and O–H groups in total. The maximum atomic E-state index is 12.2. The predicted molar refractivity (Wildman–Crippen MR) is 94.2 cm³/mol. The number of hydrogen-bond donors (Lipinski definition) is 1. The van der Waals surface area contributed by atoms with Crippen LogP contribution in [0.5, 0.6) is 0 Å². The van der Waals surface area contributed by atoms with Crippen molar-refractivity contribution in [3.8, 4) is 5.69 Å². The lowest BCUT2D eigenvalue weighted by molar-refractivity contribution is -0.119. The van der Waals surface area contributed by atoms with Gasteiger partial charge in [0.1, 0.15) is 0 Å². The number of amides is 1. The molecule has 24 heavy (non-hydrogen) atoms. The smallest absolute Gasteiger partial charge is 0.230 e. The minimum atomic E-state index is 0.0540. The Labute approximate surface area is 146 Å². The average molecular weight is 345 g/mol. The molecule has 6 nitrogen and oxygen atoms in total. The molecule has 1 heterocycles. The highest BCUT2D eigenvalue weighted by Gasteiger charge is 2.20. The van der Waals surface area contributed by atoms with E-state index in [1.54, 1.807) is 4.68 Å². The van der Waals surface area contributed by atoms with Crippen LogP contribution in [0.15, 0.2) is 29.4 Å². The normalized spacial score (nSPS) is 20.8. The summed E-state index contributed by atoms with van der Waals surface area (Å²) >= 11 is 1.37. The molecule has 128 valence electrons. The lowest BCUT2D eigenvalue weighted by atomic mass is 9.87. The van der Waals surface area contributed by atoms with E-state index in [-0.39, 0.29) is 5.91 Å². The molecule has 0 atom stereocenters. The second-order valence-electron chi connectivity index (χ2n) is 6.53. The zero-order chi connectivity index (χ0) is 16.9. The Balaban J connectivity index is 1.56. The molecule has 1 fully saturated rings. The molecule has 0 saturated heterocycles. The van der Waals surface area contributed by atoms with Gasteiger partial charge in [0.25, 0.3) is 0 Å². The van der Waals surface area contributed by atoms with Gasteiger partial charge >= 0.3 is 0 Å². The number of nitrogens with zero attached hydrogens (tertiary/aromatic N) is 4. The Morgan fingerprint density at radius 2 is 2.12 bits per heavy atom. The fourth-order valence-corrected chi connectivity index (χ4v) is 3.70. The van der Waals surface area contributed by atoms with Gasteiger partial charge in [0.2, 0.25) is 11.1 Å². The second kappa shape index (κ2) is 7.79. The van der Waals surface area contributed by atoms with Crippen molar-refractivity contribution in [2.45, 2.75) is 50.7 Å². The summed E-state index contributed by atoms with van der Waals surface area (Å²) in [6.07, 6.45) is 4.56. The third-order valence-corrected chi connectivity index (χ3v) is 5.32. The molecular weight excluding hydrogens is 322 g/mol. The van der Waals surface area contributed by atoms with Crippen LogP contribution in [0, 0.1) is 12.8 Å². The van der Waals surface area contributed by atoms with Crippen LogP contribution >= 0.6 is 11.8 Å². The van der Waals surface area contributed by atoms with Crippen LogP contribution in [-0.2, 0) is 4.79 Å². The van der Waals surface area contributed by atoms with Crippen LogP contribution in [0.3, 0.4) is 0 Å². The molecule has 0 radical (unpaired) electrons. The number of benzene rings is 1. The summed E-state index contributed by atoms with van der Waals surface area (Å²) in [5.74, 6) is 1.17. The molecule has 3 rings (SSSR count). The largest absolute Gasteiger partial charge is 0.353 e. The molecule has 0 aliphatic heterocycles. The average Bonchev–Trinajstić information content (AvgIpc) is 3.04. The van der Waals surface area contributed by atoms with E-state index in [4.69, 9.17) is 0 Å². The lowest BCUT2D eigenvalue weighted by Gasteiger charge is -2.26. The Morgan fingerprint density at radius 1 is 1.33 bits per heavy atom. The van der Waals surface area contributed by atoms with Crippen molar-refractivity contribution in [2.24, 2.45) is 5.92 Å². The Hall–Kier alpha value is -1.89. The molecule has 0 unspecified atom stereocenters. The number of carbonyl (C=O) groups is 1. The minimum Gasteiger partial charge on any atom is -0.353 e. The molecule has 2 aromatic rings. The standard InChI is InChI=1S/C17H23N5OS/c1-12-6-8-14(9-7-12)18-16(23)11-24-17-19-20-21-22(17)15-5-3-4-13(2)10-15/h3-5,10,12,14H,6-9,11H2,1-2H3,(H,18,23). The molecule has 0 spiro atoms. The van der Waals surface area contributed by atoms with Crippen molar-refractivity contribution >= 4 is 17.7 Å². The highest BCUT2D eigenvalue weighted by Crippen LogP contribution is 2.24. The predicted octanol–water partition coefficient (Wildman–Crippen LogP) is 2.76. The first-order chi connectivity index (χ1) is 11.6. The molecule has 0 bridgehead atoms. The summed E-state index contributed by atoms with van der Waals surface area (Å²) in [7, 11) is 0. The molecule has 1 aliphatic rings. The molecule has 1 amide bonds. The van der Waals surface area contributed by atoms with Crippen molar-refractivity contribution in [3.05, 3.63) is 29.8 Å².